The van der Waals surface area contributed by atoms with Gasteiger partial charge in [0.1, 0.15) is 5.25 Å². The quantitative estimate of drug-likeness (QED) is 0.139. The van der Waals surface area contributed by atoms with Crippen LogP contribution in [0.25, 0.3) is 0 Å². The van der Waals surface area contributed by atoms with Gasteiger partial charge in [-0.1, -0.05) is 54.1 Å². The van der Waals surface area contributed by atoms with Crippen LogP contribution >= 0.6 is 23.4 Å². The van der Waals surface area contributed by atoms with Gasteiger partial charge in [0.15, 0.2) is 0 Å². The second kappa shape index (κ2) is 12.2. The lowest BCUT2D eigenvalue weighted by atomic mass is 10.1. The first kappa shape index (κ1) is 25.9. The Balaban J connectivity index is 1.43. The minimum atomic E-state index is -0.568. The van der Waals surface area contributed by atoms with Gasteiger partial charge in [-0.2, -0.15) is 0 Å². The second-order valence-corrected chi connectivity index (χ2v) is 9.69. The van der Waals surface area contributed by atoms with Crippen LogP contribution in [0.15, 0.2) is 108 Å². The highest BCUT2D eigenvalue weighted by atomic mass is 35.5. The molecule has 2 N–H and O–H groups in total. The zero-order valence-electron chi connectivity index (χ0n) is 19.5. The number of nitrogens with zero attached hydrogens (tertiary/aromatic N) is 1. The molecule has 0 spiro atoms. The second-order valence-electron chi connectivity index (χ2n) is 8.08. The molecule has 37 heavy (non-hydrogen) atoms. The normalized spacial score (nSPS) is 11.4. The maximum absolute atomic E-state index is 13.2. The molecule has 1 atom stereocenters. The van der Waals surface area contributed by atoms with E-state index in [-0.39, 0.29) is 23.9 Å². The van der Waals surface area contributed by atoms with Gasteiger partial charge in [0.25, 0.3) is 5.69 Å². The number of amides is 2. The number of halogens is 1. The summed E-state index contributed by atoms with van der Waals surface area (Å²) in [4.78, 5) is 36.9. The largest absolute Gasteiger partial charge is 0.326 e. The number of hydrogen-bond donors (Lipinski definition) is 2. The lowest BCUT2D eigenvalue weighted by Crippen LogP contribution is -2.19. The average Bonchev–Trinajstić information content (AvgIpc) is 2.90. The van der Waals surface area contributed by atoms with Crippen molar-refractivity contribution in [3.63, 3.8) is 0 Å². The lowest BCUT2D eigenvalue weighted by molar-refractivity contribution is -0.384. The molecular formula is C28H22ClN3O4S. The summed E-state index contributed by atoms with van der Waals surface area (Å²) in [6, 6.07) is 29.4. The third-order valence-electron chi connectivity index (χ3n) is 5.36. The van der Waals surface area contributed by atoms with Gasteiger partial charge in [0.2, 0.25) is 11.8 Å². The van der Waals surface area contributed by atoms with E-state index in [1.165, 1.54) is 36.0 Å². The summed E-state index contributed by atoms with van der Waals surface area (Å²) in [5.74, 6) is -0.405. The van der Waals surface area contributed by atoms with Crippen LogP contribution in [0.2, 0.25) is 5.02 Å². The molecule has 4 aromatic carbocycles. The molecule has 0 fully saturated rings. The van der Waals surface area contributed by atoms with E-state index in [4.69, 9.17) is 11.6 Å². The summed E-state index contributed by atoms with van der Waals surface area (Å²) in [5.41, 5.74) is 2.74. The van der Waals surface area contributed by atoms with Crippen LogP contribution in [0.3, 0.4) is 0 Å². The fourth-order valence-electron chi connectivity index (χ4n) is 3.52. The topological polar surface area (TPSA) is 101 Å². The first-order chi connectivity index (χ1) is 17.9. The third kappa shape index (κ3) is 7.42. The molecule has 2 amide bonds. The lowest BCUT2D eigenvalue weighted by Gasteiger charge is -2.17. The predicted octanol–water partition coefficient (Wildman–Crippen LogP) is 6.90. The number of hydrogen-bond acceptors (Lipinski definition) is 5. The van der Waals surface area contributed by atoms with Crippen LogP contribution in [-0.4, -0.2) is 16.7 Å². The molecule has 0 aromatic heterocycles. The van der Waals surface area contributed by atoms with Gasteiger partial charge < -0.3 is 10.6 Å². The number of rotatable bonds is 9. The summed E-state index contributed by atoms with van der Waals surface area (Å²) in [5, 5.41) is 16.7. The Morgan fingerprint density at radius 2 is 1.41 bits per heavy atom. The van der Waals surface area contributed by atoms with Crippen molar-refractivity contribution in [1.29, 1.82) is 0 Å². The molecule has 4 aromatic rings. The number of carbonyl (C=O) groups is 2. The number of nitrogens with one attached hydrogen (secondary N) is 2. The van der Waals surface area contributed by atoms with E-state index in [0.717, 1.165) is 16.0 Å². The van der Waals surface area contributed by atoms with E-state index in [1.54, 1.807) is 24.3 Å². The number of thioether (sulfide) groups is 1. The molecule has 0 saturated carbocycles. The van der Waals surface area contributed by atoms with Gasteiger partial charge in [-0.25, -0.2) is 0 Å². The van der Waals surface area contributed by atoms with Crippen molar-refractivity contribution in [3.05, 3.63) is 129 Å². The van der Waals surface area contributed by atoms with E-state index in [0.29, 0.717) is 16.4 Å². The minimum absolute atomic E-state index is 0.0488. The Kier molecular flexibility index (Phi) is 8.56. The van der Waals surface area contributed by atoms with E-state index >= 15 is 0 Å². The van der Waals surface area contributed by atoms with Gasteiger partial charge in [-0.3, -0.25) is 19.7 Å². The van der Waals surface area contributed by atoms with Crippen molar-refractivity contribution in [1.82, 2.24) is 0 Å². The van der Waals surface area contributed by atoms with Crippen molar-refractivity contribution in [2.75, 3.05) is 10.6 Å². The maximum Gasteiger partial charge on any atom is 0.269 e. The molecular weight excluding hydrogens is 510 g/mol. The van der Waals surface area contributed by atoms with Gasteiger partial charge in [-0.05, 0) is 59.7 Å². The summed E-state index contributed by atoms with van der Waals surface area (Å²) in [7, 11) is 0. The Morgan fingerprint density at radius 3 is 2.03 bits per heavy atom. The van der Waals surface area contributed by atoms with E-state index < -0.39 is 10.2 Å². The fourth-order valence-corrected chi connectivity index (χ4v) is 4.67. The standard InChI is InChI=1S/C28H22ClN3O4S/c29-21-8-6-19(7-9-21)18-26(33)30-22-12-16-25(17-13-22)37-27(20-4-2-1-3-5-20)28(34)31-23-10-14-24(15-11-23)32(35)36/h1-17,27H,18H2,(H,30,33)(H,31,34). The van der Waals surface area contributed by atoms with E-state index in [2.05, 4.69) is 10.6 Å². The smallest absolute Gasteiger partial charge is 0.269 e. The highest BCUT2D eigenvalue weighted by Crippen LogP contribution is 2.37. The Bertz CT molecular complexity index is 1380. The van der Waals surface area contributed by atoms with Crippen LogP contribution < -0.4 is 10.6 Å². The van der Waals surface area contributed by atoms with E-state index in [9.17, 15) is 19.7 Å². The monoisotopic (exact) mass is 531 g/mol. The first-order valence-electron chi connectivity index (χ1n) is 11.3. The molecule has 4 rings (SSSR count). The molecule has 0 aliphatic rings. The molecule has 7 nitrogen and oxygen atoms in total. The maximum atomic E-state index is 13.2. The molecule has 0 aliphatic carbocycles. The number of anilines is 2. The number of nitro benzene ring substituents is 1. The van der Waals surface area contributed by atoms with Gasteiger partial charge >= 0.3 is 0 Å². The van der Waals surface area contributed by atoms with Crippen LogP contribution in [0, 0.1) is 10.1 Å². The average molecular weight is 532 g/mol. The highest BCUT2D eigenvalue weighted by molar-refractivity contribution is 8.00. The van der Waals surface area contributed by atoms with Crippen LogP contribution in [-0.2, 0) is 16.0 Å². The summed E-state index contributed by atoms with van der Waals surface area (Å²) in [6.45, 7) is 0. The van der Waals surface area contributed by atoms with Crippen LogP contribution in [0.5, 0.6) is 0 Å². The highest BCUT2D eigenvalue weighted by Gasteiger charge is 2.22. The number of benzene rings is 4. The summed E-state index contributed by atoms with van der Waals surface area (Å²) >= 11 is 7.26. The molecule has 0 heterocycles. The van der Waals surface area contributed by atoms with Gasteiger partial charge in [-0.15, -0.1) is 11.8 Å². The van der Waals surface area contributed by atoms with E-state index in [1.807, 2.05) is 54.6 Å². The summed E-state index contributed by atoms with van der Waals surface area (Å²) in [6.07, 6.45) is 0.229. The van der Waals surface area contributed by atoms with Crippen molar-refractivity contribution in [2.24, 2.45) is 0 Å². The predicted molar refractivity (Wildman–Crippen MR) is 147 cm³/mol. The molecule has 186 valence electrons. The van der Waals surface area contributed by atoms with Crippen molar-refractivity contribution in [2.45, 2.75) is 16.6 Å². The number of nitro groups is 1. The SMILES string of the molecule is O=C(Cc1ccc(Cl)cc1)Nc1ccc(SC(C(=O)Nc2ccc([N+](=O)[O-])cc2)c2ccccc2)cc1. The number of non-ortho nitro benzene ring substituents is 1. The Labute approximate surface area is 223 Å². The minimum Gasteiger partial charge on any atom is -0.326 e. The zero-order valence-corrected chi connectivity index (χ0v) is 21.0. The van der Waals surface area contributed by atoms with Gasteiger partial charge in [0, 0.05) is 33.4 Å². The van der Waals surface area contributed by atoms with Crippen LogP contribution in [0.4, 0.5) is 17.1 Å². The molecule has 9 heteroatoms. The molecule has 1 unspecified atom stereocenters. The van der Waals surface area contributed by atoms with Crippen molar-refractivity contribution >= 4 is 52.2 Å². The van der Waals surface area contributed by atoms with Crippen LogP contribution in [0.1, 0.15) is 16.4 Å². The fraction of sp³-hybridized carbons (Fsp3) is 0.0714. The first-order valence-corrected chi connectivity index (χ1v) is 12.5. The molecule has 0 saturated heterocycles. The molecule has 0 aliphatic heterocycles. The van der Waals surface area contributed by atoms with Crippen molar-refractivity contribution in [3.8, 4) is 0 Å². The summed E-state index contributed by atoms with van der Waals surface area (Å²) < 4.78 is 0. The molecule has 0 bridgehead atoms. The third-order valence-corrected chi connectivity index (χ3v) is 6.87. The zero-order chi connectivity index (χ0) is 26.2. The Morgan fingerprint density at radius 1 is 0.811 bits per heavy atom. The van der Waals surface area contributed by atoms with Crippen molar-refractivity contribution < 1.29 is 14.5 Å². The Hall–Kier alpha value is -4.14. The molecule has 0 radical (unpaired) electrons. The number of carbonyl (C=O) groups excluding carboxylic acids is 2. The van der Waals surface area contributed by atoms with Gasteiger partial charge in [0.05, 0.1) is 11.3 Å².